The number of carbonyl (C=O) groups is 1. The van der Waals surface area contributed by atoms with E-state index in [1.54, 1.807) is 6.20 Å². The molecular weight excluding hydrogens is 222 g/mol. The molecule has 0 N–H and O–H groups in total. The van der Waals surface area contributed by atoms with Gasteiger partial charge in [0.25, 0.3) is 0 Å². The van der Waals surface area contributed by atoms with Gasteiger partial charge in [-0.1, -0.05) is 32.8 Å². The van der Waals surface area contributed by atoms with Crippen molar-refractivity contribution in [2.45, 2.75) is 58.8 Å². The first kappa shape index (κ1) is 14.9. The minimum atomic E-state index is 0.253. The van der Waals surface area contributed by atoms with E-state index in [1.165, 1.54) is 18.4 Å². The van der Waals surface area contributed by atoms with Gasteiger partial charge in [0.1, 0.15) is 5.78 Å². The summed E-state index contributed by atoms with van der Waals surface area (Å²) in [7, 11) is 0. The Hall–Kier alpha value is -1.18. The number of rotatable bonds is 9. The summed E-state index contributed by atoms with van der Waals surface area (Å²) in [5, 5.41) is 0. The lowest BCUT2D eigenvalue weighted by atomic mass is 9.95. The van der Waals surface area contributed by atoms with Crippen LogP contribution >= 0.6 is 0 Å². The molecule has 0 radical (unpaired) electrons. The minimum Gasteiger partial charge on any atom is -0.299 e. The first-order valence-corrected chi connectivity index (χ1v) is 7.15. The number of carbonyl (C=O) groups excluding carboxylic acids is 1. The van der Waals surface area contributed by atoms with E-state index in [0.717, 1.165) is 32.1 Å². The highest BCUT2D eigenvalue weighted by atomic mass is 16.1. The number of aromatic nitrogens is 1. The van der Waals surface area contributed by atoms with Gasteiger partial charge in [-0.3, -0.25) is 9.78 Å². The number of hydrogen-bond donors (Lipinski definition) is 0. The maximum Gasteiger partial charge on any atom is 0.135 e. The summed E-state index contributed by atoms with van der Waals surface area (Å²) in [5.41, 5.74) is 1.27. The first-order valence-electron chi connectivity index (χ1n) is 7.15. The van der Waals surface area contributed by atoms with E-state index in [1.807, 2.05) is 12.3 Å². The Bertz CT molecular complexity index is 334. The number of hydrogen-bond acceptors (Lipinski definition) is 2. The average Bonchev–Trinajstić information content (AvgIpc) is 2.41. The molecule has 1 heterocycles. The van der Waals surface area contributed by atoms with Crippen LogP contribution in [0.15, 0.2) is 24.5 Å². The summed E-state index contributed by atoms with van der Waals surface area (Å²) in [6.45, 7) is 4.24. The van der Waals surface area contributed by atoms with Gasteiger partial charge >= 0.3 is 0 Å². The van der Waals surface area contributed by atoms with Crippen LogP contribution in [0.25, 0.3) is 0 Å². The van der Waals surface area contributed by atoms with E-state index >= 15 is 0 Å². The molecule has 0 amide bonds. The van der Waals surface area contributed by atoms with Crippen LogP contribution in [-0.2, 0) is 11.2 Å². The third-order valence-corrected chi connectivity index (χ3v) is 3.40. The lowest BCUT2D eigenvalue weighted by molar-refractivity contribution is -0.122. The quantitative estimate of drug-likeness (QED) is 0.612. The lowest BCUT2D eigenvalue weighted by Gasteiger charge is -2.09. The number of Topliss-reactive ketones (excluding diaryl/α,β-unsaturated/α-hetero) is 1. The zero-order chi connectivity index (χ0) is 13.2. The highest BCUT2D eigenvalue weighted by Crippen LogP contribution is 2.13. The molecule has 0 aliphatic carbocycles. The molecule has 0 aliphatic rings. The van der Waals surface area contributed by atoms with Gasteiger partial charge in [-0.2, -0.15) is 0 Å². The molecule has 0 bridgehead atoms. The van der Waals surface area contributed by atoms with Gasteiger partial charge in [0, 0.05) is 24.7 Å². The third-order valence-electron chi connectivity index (χ3n) is 3.40. The molecule has 2 nitrogen and oxygen atoms in total. The summed E-state index contributed by atoms with van der Waals surface area (Å²) >= 11 is 0. The highest BCUT2D eigenvalue weighted by Gasteiger charge is 2.11. The Labute approximate surface area is 111 Å². The molecule has 0 fully saturated rings. The van der Waals surface area contributed by atoms with Crippen molar-refractivity contribution in [3.05, 3.63) is 30.1 Å². The lowest BCUT2D eigenvalue weighted by Crippen LogP contribution is -2.10. The summed E-state index contributed by atoms with van der Waals surface area (Å²) in [6, 6.07) is 4.06. The maximum absolute atomic E-state index is 11.8. The largest absolute Gasteiger partial charge is 0.299 e. The number of unbranched alkanes of at least 4 members (excludes halogenated alkanes) is 2. The van der Waals surface area contributed by atoms with Crippen LogP contribution in [0.1, 0.15) is 57.9 Å². The Kier molecular flexibility index (Phi) is 7.31. The van der Waals surface area contributed by atoms with Crippen LogP contribution in [0.5, 0.6) is 0 Å². The summed E-state index contributed by atoms with van der Waals surface area (Å²) < 4.78 is 0. The van der Waals surface area contributed by atoms with E-state index in [9.17, 15) is 4.79 Å². The third kappa shape index (κ3) is 5.95. The molecule has 100 valence electrons. The second kappa shape index (κ2) is 8.84. The molecule has 18 heavy (non-hydrogen) atoms. The van der Waals surface area contributed by atoms with E-state index < -0.39 is 0 Å². The second-order valence-electron chi connectivity index (χ2n) is 5.08. The number of nitrogens with zero attached hydrogens (tertiary/aromatic N) is 1. The zero-order valence-corrected chi connectivity index (χ0v) is 11.7. The molecule has 1 aromatic rings. The Morgan fingerprint density at radius 3 is 2.83 bits per heavy atom. The van der Waals surface area contributed by atoms with Crippen molar-refractivity contribution in [1.29, 1.82) is 0 Å². The molecule has 1 rings (SSSR count). The molecular formula is C16H25NO. The monoisotopic (exact) mass is 247 g/mol. The standard InChI is InChI=1S/C16H25NO/c1-3-4-8-14(2)16(18)11-6-5-9-15-10-7-12-17-13-15/h7,10,12-14H,3-6,8-9,11H2,1-2H3. The van der Waals surface area contributed by atoms with Gasteiger partial charge in [0.05, 0.1) is 0 Å². The van der Waals surface area contributed by atoms with Crippen LogP contribution in [0.3, 0.4) is 0 Å². The predicted octanol–water partition coefficient (Wildman–Crippen LogP) is 4.19. The van der Waals surface area contributed by atoms with Gasteiger partial charge in [-0.25, -0.2) is 0 Å². The molecule has 0 aromatic carbocycles. The fraction of sp³-hybridized carbons (Fsp3) is 0.625. The van der Waals surface area contributed by atoms with E-state index in [-0.39, 0.29) is 5.92 Å². The van der Waals surface area contributed by atoms with Gasteiger partial charge in [0.15, 0.2) is 0 Å². The van der Waals surface area contributed by atoms with Crippen LogP contribution in [0.4, 0.5) is 0 Å². The SMILES string of the molecule is CCCCC(C)C(=O)CCCCc1cccnc1. The molecule has 0 saturated carbocycles. The zero-order valence-electron chi connectivity index (χ0n) is 11.7. The molecule has 0 aliphatic heterocycles. The number of ketones is 1. The Morgan fingerprint density at radius 2 is 2.17 bits per heavy atom. The fourth-order valence-corrected chi connectivity index (χ4v) is 2.09. The van der Waals surface area contributed by atoms with Gasteiger partial charge < -0.3 is 0 Å². The Morgan fingerprint density at radius 1 is 1.33 bits per heavy atom. The summed E-state index contributed by atoms with van der Waals surface area (Å²) in [5.74, 6) is 0.693. The summed E-state index contributed by atoms with van der Waals surface area (Å²) in [4.78, 5) is 15.9. The van der Waals surface area contributed by atoms with Gasteiger partial charge in [-0.05, 0) is 37.3 Å². The minimum absolute atomic E-state index is 0.253. The molecule has 1 aromatic heterocycles. The second-order valence-corrected chi connectivity index (χ2v) is 5.08. The van der Waals surface area contributed by atoms with Crippen molar-refractivity contribution < 1.29 is 4.79 Å². The van der Waals surface area contributed by atoms with Crippen molar-refractivity contribution in [2.24, 2.45) is 5.92 Å². The van der Waals surface area contributed by atoms with Crippen LogP contribution in [0, 0.1) is 5.92 Å². The number of aryl methyl sites for hydroxylation is 1. The van der Waals surface area contributed by atoms with Crippen LogP contribution < -0.4 is 0 Å². The van der Waals surface area contributed by atoms with E-state index in [4.69, 9.17) is 0 Å². The average molecular weight is 247 g/mol. The fourth-order valence-electron chi connectivity index (χ4n) is 2.09. The van der Waals surface area contributed by atoms with Crippen molar-refractivity contribution in [3.63, 3.8) is 0 Å². The normalized spacial score (nSPS) is 12.3. The van der Waals surface area contributed by atoms with Gasteiger partial charge in [-0.15, -0.1) is 0 Å². The predicted molar refractivity (Wildman–Crippen MR) is 75.5 cm³/mol. The molecule has 0 saturated heterocycles. The molecule has 1 atom stereocenters. The smallest absolute Gasteiger partial charge is 0.135 e. The van der Waals surface area contributed by atoms with Crippen molar-refractivity contribution in [3.8, 4) is 0 Å². The highest BCUT2D eigenvalue weighted by molar-refractivity contribution is 5.80. The van der Waals surface area contributed by atoms with E-state index in [0.29, 0.717) is 5.78 Å². The topological polar surface area (TPSA) is 30.0 Å². The van der Waals surface area contributed by atoms with Crippen LogP contribution in [-0.4, -0.2) is 10.8 Å². The van der Waals surface area contributed by atoms with Crippen molar-refractivity contribution in [1.82, 2.24) is 4.98 Å². The van der Waals surface area contributed by atoms with Crippen LogP contribution in [0.2, 0.25) is 0 Å². The summed E-state index contributed by atoms with van der Waals surface area (Å²) in [6.07, 6.45) is 11.0. The molecule has 0 spiro atoms. The van der Waals surface area contributed by atoms with E-state index in [2.05, 4.69) is 24.9 Å². The molecule has 2 heteroatoms. The van der Waals surface area contributed by atoms with Crippen molar-refractivity contribution in [2.75, 3.05) is 0 Å². The number of pyridine rings is 1. The van der Waals surface area contributed by atoms with Crippen molar-refractivity contribution >= 4 is 5.78 Å². The first-order chi connectivity index (χ1) is 8.74. The maximum atomic E-state index is 11.8. The molecule has 1 unspecified atom stereocenters. The Balaban J connectivity index is 2.12. The van der Waals surface area contributed by atoms with Gasteiger partial charge in [0.2, 0.25) is 0 Å².